The van der Waals surface area contributed by atoms with Crippen molar-refractivity contribution in [2.45, 2.75) is 25.6 Å². The Morgan fingerprint density at radius 2 is 1.96 bits per heavy atom. The predicted molar refractivity (Wildman–Crippen MR) is 91.7 cm³/mol. The van der Waals surface area contributed by atoms with E-state index in [0.717, 1.165) is 35.1 Å². The molecule has 0 amide bonds. The molecule has 0 aliphatic rings. The molecule has 0 unspecified atom stereocenters. The van der Waals surface area contributed by atoms with E-state index in [9.17, 15) is 18.3 Å². The van der Waals surface area contributed by atoms with Crippen LogP contribution in [0.1, 0.15) is 22.7 Å². The van der Waals surface area contributed by atoms with E-state index in [2.05, 4.69) is 20.6 Å². The maximum Gasteiger partial charge on any atom is 0.434 e. The van der Waals surface area contributed by atoms with E-state index in [1.54, 1.807) is 19.2 Å². The van der Waals surface area contributed by atoms with E-state index in [-0.39, 0.29) is 12.3 Å². The molecule has 2 rings (SSSR count). The monoisotopic (exact) mass is 372 g/mol. The zero-order valence-corrected chi connectivity index (χ0v) is 14.4. The number of aryl methyl sites for hydroxylation is 1. The molecule has 0 fully saturated rings. The molecule has 136 valence electrons. The molecule has 1 aromatic carbocycles. The summed E-state index contributed by atoms with van der Waals surface area (Å²) in [6.45, 7) is 0.838. The summed E-state index contributed by atoms with van der Waals surface area (Å²) >= 11 is 0.959. The molecule has 0 spiro atoms. The Morgan fingerprint density at radius 3 is 2.56 bits per heavy atom. The Bertz CT molecular complexity index is 698. The number of halogens is 3. The number of rotatable bonds is 6. The van der Waals surface area contributed by atoms with Crippen molar-refractivity contribution in [3.05, 3.63) is 45.9 Å². The number of aromatic hydroxyl groups is 1. The van der Waals surface area contributed by atoms with Crippen molar-refractivity contribution >= 4 is 17.3 Å². The van der Waals surface area contributed by atoms with Crippen LogP contribution in [0.4, 0.5) is 13.2 Å². The summed E-state index contributed by atoms with van der Waals surface area (Å²) in [6, 6.07) is 7.02. The van der Waals surface area contributed by atoms with Crippen molar-refractivity contribution in [2.24, 2.45) is 4.99 Å². The van der Waals surface area contributed by atoms with Gasteiger partial charge in [-0.15, -0.1) is 11.3 Å². The molecule has 0 aliphatic carbocycles. The van der Waals surface area contributed by atoms with Crippen LogP contribution in [0.5, 0.6) is 5.75 Å². The Morgan fingerprint density at radius 1 is 1.24 bits per heavy atom. The fraction of sp³-hybridized carbons (Fsp3) is 0.375. The number of phenols is 1. The third kappa shape index (κ3) is 6.26. The van der Waals surface area contributed by atoms with Crippen molar-refractivity contribution in [3.63, 3.8) is 0 Å². The maximum atomic E-state index is 12.5. The number of nitrogens with zero attached hydrogens (tertiary/aromatic N) is 2. The highest BCUT2D eigenvalue weighted by atomic mass is 32.1. The van der Waals surface area contributed by atoms with Gasteiger partial charge in [-0.2, -0.15) is 13.2 Å². The van der Waals surface area contributed by atoms with Crippen LogP contribution in [0.2, 0.25) is 0 Å². The lowest BCUT2D eigenvalue weighted by molar-refractivity contribution is -0.140. The first-order valence-corrected chi connectivity index (χ1v) is 8.50. The first-order chi connectivity index (χ1) is 11.9. The number of hydrogen-bond donors (Lipinski definition) is 3. The van der Waals surface area contributed by atoms with Crippen molar-refractivity contribution in [1.29, 1.82) is 0 Å². The quantitative estimate of drug-likeness (QED) is 0.414. The summed E-state index contributed by atoms with van der Waals surface area (Å²) < 4.78 is 37.5. The number of guanidine groups is 1. The zero-order chi connectivity index (χ0) is 18.3. The summed E-state index contributed by atoms with van der Waals surface area (Å²) in [5.74, 6) is 0.747. The number of phenolic OH excluding ortho intramolecular Hbond substituents is 1. The van der Waals surface area contributed by atoms with E-state index < -0.39 is 11.9 Å². The standard InChI is InChI=1S/C16H19F3N4OS/c1-20-15(21-8-2-3-11-4-6-12(24)7-5-11)22-9-14-23-13(10-25-14)16(17,18)19/h4-7,10,24H,2-3,8-9H2,1H3,(H2,20,21,22). The Balaban J connectivity index is 1.72. The van der Waals surface area contributed by atoms with Crippen molar-refractivity contribution in [1.82, 2.24) is 15.6 Å². The van der Waals surface area contributed by atoms with Gasteiger partial charge in [-0.3, -0.25) is 4.99 Å². The maximum absolute atomic E-state index is 12.5. The number of alkyl halides is 3. The lowest BCUT2D eigenvalue weighted by Gasteiger charge is -2.11. The van der Waals surface area contributed by atoms with Gasteiger partial charge in [-0.25, -0.2) is 4.98 Å². The van der Waals surface area contributed by atoms with Crippen molar-refractivity contribution in [3.8, 4) is 5.75 Å². The van der Waals surface area contributed by atoms with E-state index in [4.69, 9.17) is 0 Å². The van der Waals surface area contributed by atoms with Gasteiger partial charge >= 0.3 is 6.18 Å². The van der Waals surface area contributed by atoms with Crippen LogP contribution in [-0.2, 0) is 19.1 Å². The summed E-state index contributed by atoms with van der Waals surface area (Å²) in [6.07, 6.45) is -2.73. The highest BCUT2D eigenvalue weighted by molar-refractivity contribution is 7.09. The van der Waals surface area contributed by atoms with Gasteiger partial charge < -0.3 is 15.7 Å². The third-order valence-electron chi connectivity index (χ3n) is 3.34. The molecule has 1 heterocycles. The van der Waals surface area contributed by atoms with Gasteiger partial charge in [0.05, 0.1) is 6.54 Å². The normalized spacial score (nSPS) is 12.2. The van der Waals surface area contributed by atoms with Gasteiger partial charge in [-0.05, 0) is 30.5 Å². The average molecular weight is 372 g/mol. The average Bonchev–Trinajstić information content (AvgIpc) is 3.05. The van der Waals surface area contributed by atoms with E-state index >= 15 is 0 Å². The molecular formula is C16H19F3N4OS. The molecule has 0 bridgehead atoms. The van der Waals surface area contributed by atoms with Crippen LogP contribution >= 0.6 is 11.3 Å². The molecule has 2 aromatic rings. The number of benzene rings is 1. The fourth-order valence-electron chi connectivity index (χ4n) is 2.06. The lowest BCUT2D eigenvalue weighted by atomic mass is 10.1. The van der Waals surface area contributed by atoms with E-state index in [1.165, 1.54) is 0 Å². The molecule has 25 heavy (non-hydrogen) atoms. The second-order valence-corrected chi connectivity index (χ2v) is 6.19. The highest BCUT2D eigenvalue weighted by Gasteiger charge is 2.33. The Kier molecular flexibility index (Phi) is 6.63. The second-order valence-electron chi connectivity index (χ2n) is 5.25. The van der Waals surface area contributed by atoms with Crippen LogP contribution in [-0.4, -0.2) is 29.6 Å². The molecule has 0 saturated heterocycles. The predicted octanol–water partition coefficient (Wildman–Crippen LogP) is 3.17. The van der Waals surface area contributed by atoms with Crippen LogP contribution in [0.3, 0.4) is 0 Å². The number of aliphatic imine (C=N–C) groups is 1. The zero-order valence-electron chi connectivity index (χ0n) is 13.6. The summed E-state index contributed by atoms with van der Waals surface area (Å²) in [5, 5.41) is 16.6. The first-order valence-electron chi connectivity index (χ1n) is 7.62. The van der Waals surface area contributed by atoms with Crippen molar-refractivity contribution < 1.29 is 18.3 Å². The minimum absolute atomic E-state index is 0.179. The lowest BCUT2D eigenvalue weighted by Crippen LogP contribution is -2.37. The molecule has 0 radical (unpaired) electrons. The first kappa shape index (κ1) is 19.0. The SMILES string of the molecule is CN=C(NCCCc1ccc(O)cc1)NCc1nc(C(F)(F)F)cs1. The molecule has 1 aromatic heterocycles. The van der Waals surface area contributed by atoms with Crippen LogP contribution in [0.25, 0.3) is 0 Å². The second kappa shape index (κ2) is 8.70. The largest absolute Gasteiger partial charge is 0.508 e. The number of hydrogen-bond acceptors (Lipinski definition) is 4. The van der Waals surface area contributed by atoms with E-state index in [1.807, 2.05) is 12.1 Å². The van der Waals surface area contributed by atoms with Crippen molar-refractivity contribution in [2.75, 3.05) is 13.6 Å². The highest BCUT2D eigenvalue weighted by Crippen LogP contribution is 2.29. The van der Waals surface area contributed by atoms with Crippen LogP contribution < -0.4 is 10.6 Å². The Labute approximate surface area is 147 Å². The van der Waals surface area contributed by atoms with Gasteiger partial charge in [0.15, 0.2) is 11.7 Å². The number of thiazole rings is 1. The molecule has 0 atom stereocenters. The third-order valence-corrected chi connectivity index (χ3v) is 4.19. The molecule has 3 N–H and O–H groups in total. The molecule has 5 nitrogen and oxygen atoms in total. The van der Waals surface area contributed by atoms with Gasteiger partial charge in [0.1, 0.15) is 10.8 Å². The summed E-state index contributed by atoms with van der Waals surface area (Å²) in [5.41, 5.74) is 0.246. The minimum Gasteiger partial charge on any atom is -0.508 e. The molecule has 0 aliphatic heterocycles. The van der Waals surface area contributed by atoms with Gasteiger partial charge in [0.2, 0.25) is 0 Å². The Hall–Kier alpha value is -2.29. The van der Waals surface area contributed by atoms with Crippen LogP contribution in [0, 0.1) is 0 Å². The minimum atomic E-state index is -4.41. The van der Waals surface area contributed by atoms with Crippen LogP contribution in [0.15, 0.2) is 34.6 Å². The molecular weight excluding hydrogens is 353 g/mol. The van der Waals surface area contributed by atoms with E-state index in [0.29, 0.717) is 17.5 Å². The van der Waals surface area contributed by atoms with Gasteiger partial charge in [0.25, 0.3) is 0 Å². The van der Waals surface area contributed by atoms with Gasteiger partial charge in [-0.1, -0.05) is 12.1 Å². The van der Waals surface area contributed by atoms with Gasteiger partial charge in [0, 0.05) is 19.0 Å². The fourth-order valence-corrected chi connectivity index (χ4v) is 2.80. The summed E-state index contributed by atoms with van der Waals surface area (Å²) in [7, 11) is 1.60. The number of aromatic nitrogens is 1. The summed E-state index contributed by atoms with van der Waals surface area (Å²) in [4.78, 5) is 7.59. The number of nitrogens with one attached hydrogen (secondary N) is 2. The molecule has 9 heteroatoms. The topological polar surface area (TPSA) is 69.5 Å². The molecule has 0 saturated carbocycles. The smallest absolute Gasteiger partial charge is 0.434 e.